The molecule has 0 atom stereocenters. The van der Waals surface area contributed by atoms with Gasteiger partial charge < -0.3 is 19.1 Å². The first-order chi connectivity index (χ1) is 10.9. The van der Waals surface area contributed by atoms with E-state index in [1.165, 1.54) is 0 Å². The topological polar surface area (TPSA) is 69.4 Å². The molecule has 0 radical (unpaired) electrons. The van der Waals surface area contributed by atoms with E-state index in [2.05, 4.69) is 9.97 Å². The molecule has 0 saturated carbocycles. The number of hydrogen-bond donors (Lipinski definition) is 1. The zero-order valence-electron chi connectivity index (χ0n) is 11.9. The first-order valence-electron chi connectivity index (χ1n) is 7.18. The summed E-state index contributed by atoms with van der Waals surface area (Å²) < 4.78 is 13.2. The molecule has 0 fully saturated rings. The predicted molar refractivity (Wildman–Crippen MR) is 81.0 cm³/mol. The van der Waals surface area contributed by atoms with Crippen molar-refractivity contribution in [2.24, 2.45) is 0 Å². The van der Waals surface area contributed by atoms with Crippen LogP contribution in [-0.2, 0) is 6.54 Å². The number of rotatable bonds is 3. The quantitative estimate of drug-likeness (QED) is 0.799. The fraction of sp³-hybridized carbons (Fsp3) is 0.250. The molecular formula is C16H15N3O3. The molecule has 6 heteroatoms. The van der Waals surface area contributed by atoms with Crippen LogP contribution < -0.4 is 9.47 Å². The summed E-state index contributed by atoms with van der Waals surface area (Å²) in [6, 6.07) is 7.63. The van der Waals surface area contributed by atoms with E-state index >= 15 is 0 Å². The van der Waals surface area contributed by atoms with Crippen molar-refractivity contribution in [1.29, 1.82) is 0 Å². The number of nitrogens with zero attached hydrogens (tertiary/aromatic N) is 3. The van der Waals surface area contributed by atoms with Gasteiger partial charge in [0.15, 0.2) is 11.5 Å². The van der Waals surface area contributed by atoms with Crippen LogP contribution in [0.15, 0.2) is 36.7 Å². The number of ether oxygens (including phenoxy) is 2. The number of aromatic nitrogens is 3. The van der Waals surface area contributed by atoms with E-state index in [1.54, 1.807) is 12.4 Å². The maximum Gasteiger partial charge on any atom is 0.163 e. The Morgan fingerprint density at radius 1 is 1.18 bits per heavy atom. The number of pyridine rings is 1. The molecule has 0 bridgehead atoms. The highest BCUT2D eigenvalue weighted by Crippen LogP contribution is 2.36. The molecule has 1 aliphatic rings. The minimum absolute atomic E-state index is 0.0349. The molecule has 2 aromatic heterocycles. The molecule has 0 unspecified atom stereocenters. The predicted octanol–water partition coefficient (Wildman–Crippen LogP) is 1.86. The van der Waals surface area contributed by atoms with Crippen LogP contribution in [0.4, 0.5) is 0 Å². The molecule has 0 amide bonds. The monoisotopic (exact) mass is 297 g/mol. The van der Waals surface area contributed by atoms with Crippen LogP contribution in [0.3, 0.4) is 0 Å². The normalized spacial score (nSPS) is 13.5. The lowest BCUT2D eigenvalue weighted by Crippen LogP contribution is -2.15. The van der Waals surface area contributed by atoms with Crippen LogP contribution in [0.5, 0.6) is 11.5 Å². The Morgan fingerprint density at radius 2 is 2.00 bits per heavy atom. The lowest BCUT2D eigenvalue weighted by molar-refractivity contribution is 0.172. The van der Waals surface area contributed by atoms with Gasteiger partial charge in [-0.3, -0.25) is 4.98 Å². The molecular weight excluding hydrogens is 282 g/mol. The van der Waals surface area contributed by atoms with E-state index < -0.39 is 0 Å². The highest BCUT2D eigenvalue weighted by atomic mass is 16.6. The van der Waals surface area contributed by atoms with Gasteiger partial charge in [0.05, 0.1) is 17.6 Å². The van der Waals surface area contributed by atoms with Gasteiger partial charge in [-0.05, 0) is 12.1 Å². The van der Waals surface area contributed by atoms with E-state index in [0.717, 1.165) is 28.2 Å². The van der Waals surface area contributed by atoms with Crippen molar-refractivity contribution in [3.8, 4) is 22.9 Å². The molecule has 112 valence electrons. The van der Waals surface area contributed by atoms with Crippen LogP contribution in [0, 0.1) is 0 Å². The van der Waals surface area contributed by atoms with Gasteiger partial charge in [-0.2, -0.15) is 0 Å². The standard InChI is InChI=1S/C16H15N3O3/c20-5-4-19-13-9-15-14(21-6-7-22-15)8-12(13)18-16(19)11-2-1-3-17-10-11/h1-3,8-10,20H,4-7H2. The van der Waals surface area contributed by atoms with Gasteiger partial charge in [-0.25, -0.2) is 4.98 Å². The van der Waals surface area contributed by atoms with Crippen molar-refractivity contribution >= 4 is 11.0 Å². The second kappa shape index (κ2) is 5.31. The van der Waals surface area contributed by atoms with E-state index in [9.17, 15) is 5.11 Å². The largest absolute Gasteiger partial charge is 0.486 e. The Bertz CT molecular complexity index is 814. The smallest absolute Gasteiger partial charge is 0.163 e. The lowest BCUT2D eigenvalue weighted by Gasteiger charge is -2.18. The highest BCUT2D eigenvalue weighted by molar-refractivity contribution is 5.84. The Morgan fingerprint density at radius 3 is 2.73 bits per heavy atom. The molecule has 0 spiro atoms. The van der Waals surface area contributed by atoms with Crippen molar-refractivity contribution in [3.05, 3.63) is 36.7 Å². The van der Waals surface area contributed by atoms with E-state index in [1.807, 2.05) is 28.8 Å². The Hall–Kier alpha value is -2.60. The summed E-state index contributed by atoms with van der Waals surface area (Å²) in [6.07, 6.45) is 3.49. The number of benzene rings is 1. The van der Waals surface area contributed by atoms with Gasteiger partial charge in [-0.1, -0.05) is 0 Å². The third-order valence-electron chi connectivity index (χ3n) is 3.66. The number of aliphatic hydroxyl groups excluding tert-OH is 1. The van der Waals surface area contributed by atoms with Gasteiger partial charge in [0, 0.05) is 36.6 Å². The van der Waals surface area contributed by atoms with Crippen molar-refractivity contribution in [3.63, 3.8) is 0 Å². The Labute approximate surface area is 127 Å². The van der Waals surface area contributed by atoms with Crippen LogP contribution in [0.25, 0.3) is 22.4 Å². The average molecular weight is 297 g/mol. The summed E-state index contributed by atoms with van der Waals surface area (Å²) in [4.78, 5) is 8.83. The molecule has 4 rings (SSSR count). The van der Waals surface area contributed by atoms with Crippen molar-refractivity contribution in [1.82, 2.24) is 14.5 Å². The zero-order chi connectivity index (χ0) is 14.9. The number of imidazole rings is 1. The first kappa shape index (κ1) is 13.1. The maximum atomic E-state index is 9.39. The highest BCUT2D eigenvalue weighted by Gasteiger charge is 2.18. The Kier molecular flexibility index (Phi) is 3.16. The van der Waals surface area contributed by atoms with Crippen LogP contribution in [0.1, 0.15) is 0 Å². The van der Waals surface area contributed by atoms with Crippen LogP contribution >= 0.6 is 0 Å². The second-order valence-corrected chi connectivity index (χ2v) is 5.04. The van der Waals surface area contributed by atoms with Gasteiger partial charge >= 0.3 is 0 Å². The van der Waals surface area contributed by atoms with E-state index in [4.69, 9.17) is 9.47 Å². The van der Waals surface area contributed by atoms with Crippen LogP contribution in [0.2, 0.25) is 0 Å². The molecule has 3 aromatic rings. The molecule has 22 heavy (non-hydrogen) atoms. The molecule has 0 aliphatic carbocycles. The fourth-order valence-electron chi connectivity index (χ4n) is 2.70. The summed E-state index contributed by atoms with van der Waals surface area (Å²) in [5.74, 6) is 2.21. The number of aliphatic hydroxyl groups is 1. The summed E-state index contributed by atoms with van der Waals surface area (Å²) in [5.41, 5.74) is 2.64. The summed E-state index contributed by atoms with van der Waals surface area (Å²) in [5, 5.41) is 9.39. The SMILES string of the molecule is OCCn1c(-c2cccnc2)nc2cc3c(cc21)OCCO3. The summed E-state index contributed by atoms with van der Waals surface area (Å²) >= 11 is 0. The minimum atomic E-state index is 0.0349. The molecule has 3 heterocycles. The van der Waals surface area contributed by atoms with E-state index in [-0.39, 0.29) is 6.61 Å². The first-order valence-corrected chi connectivity index (χ1v) is 7.18. The lowest BCUT2D eigenvalue weighted by atomic mass is 10.2. The molecule has 0 saturated heterocycles. The number of fused-ring (bicyclic) bond motifs is 2. The third-order valence-corrected chi connectivity index (χ3v) is 3.66. The van der Waals surface area contributed by atoms with Crippen molar-refractivity contribution in [2.75, 3.05) is 19.8 Å². The van der Waals surface area contributed by atoms with Crippen molar-refractivity contribution < 1.29 is 14.6 Å². The zero-order valence-corrected chi connectivity index (χ0v) is 11.9. The van der Waals surface area contributed by atoms with Gasteiger partial charge in [0.25, 0.3) is 0 Å². The van der Waals surface area contributed by atoms with Gasteiger partial charge in [0.2, 0.25) is 0 Å². The molecule has 1 aliphatic heterocycles. The molecule has 1 aromatic carbocycles. The van der Waals surface area contributed by atoms with Crippen LogP contribution in [-0.4, -0.2) is 39.5 Å². The fourth-order valence-corrected chi connectivity index (χ4v) is 2.70. The van der Waals surface area contributed by atoms with Gasteiger partial charge in [0.1, 0.15) is 19.0 Å². The Balaban J connectivity index is 1.94. The second-order valence-electron chi connectivity index (χ2n) is 5.04. The molecule has 6 nitrogen and oxygen atoms in total. The number of hydrogen-bond acceptors (Lipinski definition) is 5. The third kappa shape index (κ3) is 2.08. The maximum absolute atomic E-state index is 9.39. The summed E-state index contributed by atoms with van der Waals surface area (Å²) in [6.45, 7) is 1.58. The minimum Gasteiger partial charge on any atom is -0.486 e. The summed E-state index contributed by atoms with van der Waals surface area (Å²) in [7, 11) is 0. The van der Waals surface area contributed by atoms with Gasteiger partial charge in [-0.15, -0.1) is 0 Å². The van der Waals surface area contributed by atoms with Crippen molar-refractivity contribution in [2.45, 2.75) is 6.54 Å². The average Bonchev–Trinajstić information content (AvgIpc) is 2.92. The van der Waals surface area contributed by atoms with E-state index in [0.29, 0.717) is 25.5 Å². The molecule has 1 N–H and O–H groups in total.